The van der Waals surface area contributed by atoms with Crippen LogP contribution in [-0.2, 0) is 0 Å². The van der Waals surface area contributed by atoms with Gasteiger partial charge in [0.1, 0.15) is 5.69 Å². The highest BCUT2D eigenvalue weighted by atomic mass is 32.2. The minimum absolute atomic E-state index is 0.312. The topological polar surface area (TPSA) is 68.0 Å². The van der Waals surface area contributed by atoms with Crippen molar-refractivity contribution >= 4 is 23.4 Å². The molecule has 1 fully saturated rings. The quantitative estimate of drug-likeness (QED) is 0.869. The van der Waals surface area contributed by atoms with Gasteiger partial charge in [0.2, 0.25) is 0 Å². The number of aromatic nitrogens is 1. The Balaban J connectivity index is 2.00. The fourth-order valence-corrected chi connectivity index (χ4v) is 3.50. The van der Waals surface area contributed by atoms with Gasteiger partial charge in [-0.1, -0.05) is 19.3 Å². The summed E-state index contributed by atoms with van der Waals surface area (Å²) in [6.45, 7) is 0.927. The third-order valence-corrected chi connectivity index (χ3v) is 5.24. The Morgan fingerprint density at radius 1 is 1.47 bits per heavy atom. The second-order valence-electron chi connectivity index (χ2n) is 5.10. The predicted octanol–water partition coefficient (Wildman–Crippen LogP) is 2.66. The Kier molecular flexibility index (Phi) is 4.69. The van der Waals surface area contributed by atoms with E-state index in [1.165, 1.54) is 32.1 Å². The van der Waals surface area contributed by atoms with Crippen molar-refractivity contribution in [2.75, 3.05) is 18.1 Å². The minimum Gasteiger partial charge on any atom is -0.384 e. The molecule has 5 heteroatoms. The molecule has 0 atom stereocenters. The number of amides is 1. The third-order valence-electron chi connectivity index (χ3n) is 3.82. The number of thioether (sulfide) groups is 1. The van der Waals surface area contributed by atoms with Crippen LogP contribution >= 0.6 is 11.8 Å². The van der Waals surface area contributed by atoms with Gasteiger partial charge in [0, 0.05) is 23.2 Å². The average molecular weight is 279 g/mol. The highest BCUT2D eigenvalue weighted by molar-refractivity contribution is 8.00. The van der Waals surface area contributed by atoms with Crippen LogP contribution in [0.3, 0.4) is 0 Å². The summed E-state index contributed by atoms with van der Waals surface area (Å²) in [5.74, 6) is -0.485. The summed E-state index contributed by atoms with van der Waals surface area (Å²) < 4.78 is 0.328. The number of pyridine rings is 1. The van der Waals surface area contributed by atoms with Gasteiger partial charge in [-0.2, -0.15) is 11.8 Å². The van der Waals surface area contributed by atoms with Crippen molar-refractivity contribution in [1.29, 1.82) is 0 Å². The van der Waals surface area contributed by atoms with Crippen molar-refractivity contribution in [3.8, 4) is 0 Å². The first-order valence-corrected chi connectivity index (χ1v) is 7.93. The first-order chi connectivity index (χ1) is 9.15. The Labute approximate surface area is 118 Å². The number of hydrogen-bond acceptors (Lipinski definition) is 4. The van der Waals surface area contributed by atoms with Crippen molar-refractivity contribution in [2.45, 2.75) is 36.9 Å². The molecule has 2 rings (SSSR count). The zero-order valence-electron chi connectivity index (χ0n) is 11.3. The molecule has 1 aromatic heterocycles. The molecule has 19 heavy (non-hydrogen) atoms. The van der Waals surface area contributed by atoms with Crippen molar-refractivity contribution < 1.29 is 4.79 Å². The summed E-state index contributed by atoms with van der Waals surface area (Å²) in [5, 5.41) is 3.43. The maximum absolute atomic E-state index is 11.1. The molecular formula is C14H21N3OS. The first kappa shape index (κ1) is 14.2. The van der Waals surface area contributed by atoms with Crippen LogP contribution in [0.15, 0.2) is 18.3 Å². The zero-order valence-corrected chi connectivity index (χ0v) is 12.1. The monoisotopic (exact) mass is 279 g/mol. The predicted molar refractivity (Wildman–Crippen MR) is 80.6 cm³/mol. The molecule has 1 amide bonds. The molecule has 104 valence electrons. The van der Waals surface area contributed by atoms with E-state index in [-0.39, 0.29) is 0 Å². The van der Waals surface area contributed by atoms with Crippen LogP contribution in [-0.4, -0.2) is 28.4 Å². The van der Waals surface area contributed by atoms with Gasteiger partial charge in [-0.05, 0) is 31.2 Å². The highest BCUT2D eigenvalue weighted by Gasteiger charge is 2.30. The van der Waals surface area contributed by atoms with E-state index in [1.54, 1.807) is 12.3 Å². The van der Waals surface area contributed by atoms with Crippen molar-refractivity contribution in [3.05, 3.63) is 24.0 Å². The van der Waals surface area contributed by atoms with E-state index in [4.69, 9.17) is 5.73 Å². The van der Waals surface area contributed by atoms with E-state index in [9.17, 15) is 4.79 Å². The second kappa shape index (κ2) is 6.28. The smallest absolute Gasteiger partial charge is 0.267 e. The molecule has 1 heterocycles. The van der Waals surface area contributed by atoms with Crippen LogP contribution in [0.2, 0.25) is 0 Å². The van der Waals surface area contributed by atoms with Crippen molar-refractivity contribution in [3.63, 3.8) is 0 Å². The number of primary amides is 1. The molecule has 0 bridgehead atoms. The van der Waals surface area contributed by atoms with Gasteiger partial charge in [-0.3, -0.25) is 9.78 Å². The summed E-state index contributed by atoms with van der Waals surface area (Å²) in [6.07, 6.45) is 10.3. The molecular weight excluding hydrogens is 258 g/mol. The maximum Gasteiger partial charge on any atom is 0.267 e. The summed E-state index contributed by atoms with van der Waals surface area (Å²) in [4.78, 5) is 15.1. The van der Waals surface area contributed by atoms with E-state index in [0.717, 1.165) is 12.2 Å². The standard InChI is InChI=1S/C14H21N3OS/c1-19-14(6-3-2-4-7-14)10-17-11-5-8-16-12(9-11)13(15)18/h5,8-9H,2-4,6-7,10H2,1H3,(H2,15,18)(H,16,17). The van der Waals surface area contributed by atoms with Gasteiger partial charge in [0.15, 0.2) is 0 Å². The Morgan fingerprint density at radius 3 is 2.84 bits per heavy atom. The van der Waals surface area contributed by atoms with E-state index in [2.05, 4.69) is 16.6 Å². The van der Waals surface area contributed by atoms with Gasteiger partial charge in [-0.25, -0.2) is 0 Å². The molecule has 3 N–H and O–H groups in total. The van der Waals surface area contributed by atoms with Crippen LogP contribution in [0, 0.1) is 0 Å². The lowest BCUT2D eigenvalue weighted by molar-refractivity contribution is 0.0995. The number of nitrogens with zero attached hydrogens (tertiary/aromatic N) is 1. The molecule has 0 unspecified atom stereocenters. The number of nitrogens with one attached hydrogen (secondary N) is 1. The van der Waals surface area contributed by atoms with Crippen molar-refractivity contribution in [1.82, 2.24) is 4.98 Å². The van der Waals surface area contributed by atoms with E-state index < -0.39 is 5.91 Å². The maximum atomic E-state index is 11.1. The number of hydrogen-bond donors (Lipinski definition) is 2. The summed E-state index contributed by atoms with van der Waals surface area (Å²) in [6, 6.07) is 3.60. The Morgan fingerprint density at radius 2 is 2.21 bits per heavy atom. The van der Waals surface area contributed by atoms with Crippen molar-refractivity contribution in [2.24, 2.45) is 5.73 Å². The average Bonchev–Trinajstić information content (AvgIpc) is 2.46. The van der Waals surface area contributed by atoms with Crippen LogP contribution in [0.25, 0.3) is 0 Å². The first-order valence-electron chi connectivity index (χ1n) is 6.70. The number of nitrogens with two attached hydrogens (primary N) is 1. The second-order valence-corrected chi connectivity index (χ2v) is 6.37. The molecule has 1 saturated carbocycles. The van der Waals surface area contributed by atoms with Crippen LogP contribution in [0.5, 0.6) is 0 Å². The lowest BCUT2D eigenvalue weighted by atomic mass is 9.88. The molecule has 0 radical (unpaired) electrons. The van der Waals surface area contributed by atoms with Crippen LogP contribution < -0.4 is 11.1 Å². The molecule has 0 aliphatic heterocycles. The molecule has 1 aromatic rings. The summed E-state index contributed by atoms with van der Waals surface area (Å²) in [7, 11) is 0. The Hall–Kier alpha value is -1.23. The Bertz CT molecular complexity index is 444. The van der Waals surface area contributed by atoms with Gasteiger partial charge in [0.25, 0.3) is 5.91 Å². The summed E-state index contributed by atoms with van der Waals surface area (Å²) in [5.41, 5.74) is 6.47. The SMILES string of the molecule is CSC1(CNc2ccnc(C(N)=O)c2)CCCCC1. The number of carbonyl (C=O) groups is 1. The number of carbonyl (C=O) groups excluding carboxylic acids is 1. The zero-order chi connectivity index (χ0) is 13.7. The van der Waals surface area contributed by atoms with E-state index in [1.807, 2.05) is 17.8 Å². The van der Waals surface area contributed by atoms with E-state index >= 15 is 0 Å². The lowest BCUT2D eigenvalue weighted by Crippen LogP contribution is -2.35. The molecule has 0 aromatic carbocycles. The molecule has 4 nitrogen and oxygen atoms in total. The number of anilines is 1. The van der Waals surface area contributed by atoms with Gasteiger partial charge < -0.3 is 11.1 Å². The largest absolute Gasteiger partial charge is 0.384 e. The van der Waals surface area contributed by atoms with E-state index in [0.29, 0.717) is 10.4 Å². The molecule has 0 saturated heterocycles. The lowest BCUT2D eigenvalue weighted by Gasteiger charge is -2.36. The van der Waals surface area contributed by atoms with Gasteiger partial charge >= 0.3 is 0 Å². The highest BCUT2D eigenvalue weighted by Crippen LogP contribution is 2.38. The van der Waals surface area contributed by atoms with Crippen LogP contribution in [0.4, 0.5) is 5.69 Å². The van der Waals surface area contributed by atoms with Gasteiger partial charge in [0.05, 0.1) is 0 Å². The fraction of sp³-hybridized carbons (Fsp3) is 0.571. The fourth-order valence-electron chi connectivity index (χ4n) is 2.59. The minimum atomic E-state index is -0.485. The van der Waals surface area contributed by atoms with Gasteiger partial charge in [-0.15, -0.1) is 0 Å². The number of rotatable bonds is 5. The summed E-state index contributed by atoms with van der Waals surface area (Å²) >= 11 is 1.95. The third kappa shape index (κ3) is 3.62. The normalized spacial score (nSPS) is 17.9. The molecule has 0 spiro atoms. The van der Waals surface area contributed by atoms with Crippen LogP contribution in [0.1, 0.15) is 42.6 Å². The molecule has 1 aliphatic carbocycles. The molecule has 1 aliphatic rings.